The van der Waals surface area contributed by atoms with Gasteiger partial charge in [-0.3, -0.25) is 9.20 Å². The largest absolute Gasteiger partial charge is 0.454 e. The predicted octanol–water partition coefficient (Wildman–Crippen LogP) is 2.90. The van der Waals surface area contributed by atoms with Crippen LogP contribution >= 0.6 is 11.6 Å². The molecule has 3 aromatic heterocycles. The molecule has 0 aliphatic heterocycles. The number of pyridine rings is 1. The van der Waals surface area contributed by atoms with E-state index in [-0.39, 0.29) is 17.9 Å². The van der Waals surface area contributed by atoms with Crippen molar-refractivity contribution < 1.29 is 9.53 Å². The number of fused-ring (bicyclic) bond motifs is 1. The van der Waals surface area contributed by atoms with Crippen LogP contribution in [-0.4, -0.2) is 30.3 Å². The number of benzene rings is 1. The standard InChI is InChI=1S/C20H16ClN5O3/c1-12-6-7-17-22-15(9-18(27)25(17)10-12)11-29-20(28)19-13(2)23-26(24-19)16-5-3-4-14(21)8-16/h3-10H,11H2,1-2H3. The Kier molecular flexibility index (Phi) is 4.85. The molecule has 4 aromatic rings. The van der Waals surface area contributed by atoms with Crippen molar-refractivity contribution in [3.8, 4) is 5.69 Å². The van der Waals surface area contributed by atoms with Crippen molar-refractivity contribution in [3.63, 3.8) is 0 Å². The fourth-order valence-corrected chi connectivity index (χ4v) is 3.01. The van der Waals surface area contributed by atoms with E-state index in [1.807, 2.05) is 13.0 Å². The number of ether oxygens (including phenoxy) is 1. The summed E-state index contributed by atoms with van der Waals surface area (Å²) < 4.78 is 6.75. The van der Waals surface area contributed by atoms with Crippen LogP contribution in [0, 0.1) is 13.8 Å². The first-order valence-electron chi connectivity index (χ1n) is 8.77. The molecular formula is C20H16ClN5O3. The summed E-state index contributed by atoms with van der Waals surface area (Å²) in [7, 11) is 0. The van der Waals surface area contributed by atoms with Crippen molar-refractivity contribution in [2.45, 2.75) is 20.5 Å². The highest BCUT2D eigenvalue weighted by Gasteiger charge is 2.18. The monoisotopic (exact) mass is 409 g/mol. The van der Waals surface area contributed by atoms with Gasteiger partial charge in [-0.05, 0) is 43.7 Å². The first kappa shape index (κ1) is 18.8. The van der Waals surface area contributed by atoms with E-state index < -0.39 is 5.97 Å². The van der Waals surface area contributed by atoms with Crippen molar-refractivity contribution >= 4 is 23.2 Å². The van der Waals surface area contributed by atoms with E-state index in [9.17, 15) is 9.59 Å². The summed E-state index contributed by atoms with van der Waals surface area (Å²) in [6.45, 7) is 3.40. The molecule has 0 radical (unpaired) electrons. The summed E-state index contributed by atoms with van der Waals surface area (Å²) >= 11 is 5.99. The molecule has 9 heteroatoms. The minimum absolute atomic E-state index is 0.0816. The molecule has 3 heterocycles. The maximum atomic E-state index is 12.5. The van der Waals surface area contributed by atoms with Crippen LogP contribution in [0.5, 0.6) is 0 Å². The molecule has 0 aliphatic rings. The van der Waals surface area contributed by atoms with Gasteiger partial charge in [0, 0.05) is 17.3 Å². The molecule has 0 spiro atoms. The first-order valence-corrected chi connectivity index (χ1v) is 9.14. The number of aromatic nitrogens is 5. The predicted molar refractivity (Wildman–Crippen MR) is 106 cm³/mol. The topological polar surface area (TPSA) is 91.4 Å². The summed E-state index contributed by atoms with van der Waals surface area (Å²) in [6.07, 6.45) is 1.71. The molecule has 0 amide bonds. The summed E-state index contributed by atoms with van der Waals surface area (Å²) in [6, 6.07) is 11.9. The Hall–Kier alpha value is -3.52. The van der Waals surface area contributed by atoms with Crippen LogP contribution in [0.3, 0.4) is 0 Å². The van der Waals surface area contributed by atoms with Gasteiger partial charge in [-0.25, -0.2) is 9.78 Å². The Labute approximate surface area is 170 Å². The van der Waals surface area contributed by atoms with E-state index in [1.54, 1.807) is 43.5 Å². The second-order valence-corrected chi connectivity index (χ2v) is 6.94. The highest BCUT2D eigenvalue weighted by molar-refractivity contribution is 6.30. The van der Waals surface area contributed by atoms with Gasteiger partial charge in [-0.2, -0.15) is 9.90 Å². The Balaban J connectivity index is 1.54. The molecule has 0 saturated carbocycles. The van der Waals surface area contributed by atoms with E-state index >= 15 is 0 Å². The second kappa shape index (κ2) is 7.48. The molecule has 0 atom stereocenters. The van der Waals surface area contributed by atoms with Crippen molar-refractivity contribution in [3.05, 3.63) is 86.7 Å². The van der Waals surface area contributed by atoms with Gasteiger partial charge in [0.1, 0.15) is 12.3 Å². The third-order valence-electron chi connectivity index (χ3n) is 4.23. The van der Waals surface area contributed by atoms with Crippen molar-refractivity contribution in [1.29, 1.82) is 0 Å². The number of carbonyl (C=O) groups excluding carboxylic acids is 1. The SMILES string of the molecule is Cc1ccc2nc(COC(=O)c3nn(-c4cccc(Cl)c4)nc3C)cc(=O)n2c1. The average molecular weight is 410 g/mol. The molecule has 0 N–H and O–H groups in total. The molecule has 29 heavy (non-hydrogen) atoms. The summed E-state index contributed by atoms with van der Waals surface area (Å²) in [4.78, 5) is 30.4. The van der Waals surface area contributed by atoms with Gasteiger partial charge in [0.05, 0.1) is 17.1 Å². The molecule has 0 fully saturated rings. The number of hydrogen-bond acceptors (Lipinski definition) is 6. The van der Waals surface area contributed by atoms with E-state index in [0.717, 1.165) is 5.56 Å². The normalized spacial score (nSPS) is 11.0. The van der Waals surface area contributed by atoms with E-state index in [4.69, 9.17) is 16.3 Å². The number of halogens is 1. The zero-order chi connectivity index (χ0) is 20.5. The van der Waals surface area contributed by atoms with Gasteiger partial charge in [-0.1, -0.05) is 23.7 Å². The first-order chi connectivity index (χ1) is 13.9. The molecule has 0 saturated heterocycles. The van der Waals surface area contributed by atoms with Gasteiger partial charge in [0.25, 0.3) is 5.56 Å². The minimum atomic E-state index is -0.651. The summed E-state index contributed by atoms with van der Waals surface area (Å²) in [5, 5.41) is 8.97. The molecule has 8 nitrogen and oxygen atoms in total. The lowest BCUT2D eigenvalue weighted by molar-refractivity contribution is 0.0459. The number of esters is 1. The fraction of sp³-hybridized carbons (Fsp3) is 0.150. The molecule has 0 unspecified atom stereocenters. The molecule has 0 aliphatic carbocycles. The van der Waals surface area contributed by atoms with Crippen molar-refractivity contribution in [1.82, 2.24) is 24.4 Å². The molecule has 1 aromatic carbocycles. The Bertz CT molecular complexity index is 1300. The lowest BCUT2D eigenvalue weighted by Gasteiger charge is -2.06. The number of aryl methyl sites for hydroxylation is 2. The zero-order valence-corrected chi connectivity index (χ0v) is 16.4. The molecular weight excluding hydrogens is 394 g/mol. The van der Waals surface area contributed by atoms with Crippen LogP contribution < -0.4 is 5.56 Å². The van der Waals surface area contributed by atoms with Crippen LogP contribution in [0.25, 0.3) is 11.3 Å². The Morgan fingerprint density at radius 3 is 2.76 bits per heavy atom. The third kappa shape index (κ3) is 3.88. The van der Waals surface area contributed by atoms with Gasteiger partial charge in [-0.15, -0.1) is 5.10 Å². The molecule has 4 rings (SSSR count). The summed E-state index contributed by atoms with van der Waals surface area (Å²) in [5.74, 6) is -0.651. The lowest BCUT2D eigenvalue weighted by Crippen LogP contribution is -2.17. The quantitative estimate of drug-likeness (QED) is 0.481. The third-order valence-corrected chi connectivity index (χ3v) is 4.46. The zero-order valence-electron chi connectivity index (χ0n) is 15.7. The number of nitrogens with zero attached hydrogens (tertiary/aromatic N) is 5. The van der Waals surface area contributed by atoms with Gasteiger partial charge in [0.2, 0.25) is 0 Å². The van der Waals surface area contributed by atoms with Gasteiger partial charge < -0.3 is 4.74 Å². The second-order valence-electron chi connectivity index (χ2n) is 6.50. The van der Waals surface area contributed by atoms with Crippen molar-refractivity contribution in [2.75, 3.05) is 0 Å². The van der Waals surface area contributed by atoms with Crippen LogP contribution in [0.1, 0.15) is 27.4 Å². The van der Waals surface area contributed by atoms with Crippen LogP contribution in [0.2, 0.25) is 5.02 Å². The maximum Gasteiger partial charge on any atom is 0.361 e. The van der Waals surface area contributed by atoms with Crippen LogP contribution in [-0.2, 0) is 11.3 Å². The molecule has 0 bridgehead atoms. The molecule has 146 valence electrons. The average Bonchev–Trinajstić information content (AvgIpc) is 3.08. The minimum Gasteiger partial charge on any atom is -0.454 e. The van der Waals surface area contributed by atoms with Gasteiger partial charge >= 0.3 is 5.97 Å². The van der Waals surface area contributed by atoms with E-state index in [2.05, 4.69) is 15.2 Å². The number of carbonyl (C=O) groups is 1. The van der Waals surface area contributed by atoms with Gasteiger partial charge in [0.15, 0.2) is 5.69 Å². The Morgan fingerprint density at radius 1 is 1.14 bits per heavy atom. The highest BCUT2D eigenvalue weighted by atomic mass is 35.5. The van der Waals surface area contributed by atoms with E-state index in [1.165, 1.54) is 15.3 Å². The highest BCUT2D eigenvalue weighted by Crippen LogP contribution is 2.15. The lowest BCUT2D eigenvalue weighted by atomic mass is 10.3. The van der Waals surface area contributed by atoms with E-state index in [0.29, 0.717) is 27.7 Å². The van der Waals surface area contributed by atoms with Crippen LogP contribution in [0.4, 0.5) is 0 Å². The number of rotatable bonds is 4. The fourth-order valence-electron chi connectivity index (χ4n) is 2.82. The van der Waals surface area contributed by atoms with Crippen molar-refractivity contribution in [2.24, 2.45) is 0 Å². The Morgan fingerprint density at radius 2 is 1.97 bits per heavy atom. The summed E-state index contributed by atoms with van der Waals surface area (Å²) in [5.41, 5.74) is 2.66. The number of hydrogen-bond donors (Lipinski definition) is 0. The smallest absolute Gasteiger partial charge is 0.361 e. The van der Waals surface area contributed by atoms with Crippen LogP contribution in [0.15, 0.2) is 53.5 Å². The maximum absolute atomic E-state index is 12.5.